The first-order valence-corrected chi connectivity index (χ1v) is 7.78. The molecule has 1 aliphatic carbocycles. The van der Waals surface area contributed by atoms with E-state index in [0.717, 1.165) is 24.1 Å². The van der Waals surface area contributed by atoms with Crippen LogP contribution in [0.5, 0.6) is 5.75 Å². The van der Waals surface area contributed by atoms with Crippen molar-refractivity contribution in [1.82, 2.24) is 0 Å². The van der Waals surface area contributed by atoms with Crippen LogP contribution < -0.4 is 39.1 Å². The Hall–Kier alpha value is -2.32. The molecule has 1 aliphatic rings. The molecule has 1 saturated carbocycles. The van der Waals surface area contributed by atoms with Gasteiger partial charge in [-0.05, 0) is 48.2 Å². The lowest BCUT2D eigenvalue weighted by Crippen LogP contribution is -2.69. The molecule has 7 nitrogen and oxygen atoms in total. The van der Waals surface area contributed by atoms with Gasteiger partial charge in [-0.2, -0.15) is 0 Å². The van der Waals surface area contributed by atoms with Crippen molar-refractivity contribution in [3.8, 4) is 5.75 Å². The van der Waals surface area contributed by atoms with Gasteiger partial charge in [0.15, 0.2) is 0 Å². The number of rotatable bonds is 5. The molecule has 3 rings (SSSR count). The second kappa shape index (κ2) is 5.64. The van der Waals surface area contributed by atoms with E-state index in [4.69, 9.17) is 39.1 Å². The van der Waals surface area contributed by atoms with E-state index in [9.17, 15) is 0 Å². The van der Waals surface area contributed by atoms with Crippen molar-refractivity contribution >= 4 is 11.4 Å². The summed E-state index contributed by atoms with van der Waals surface area (Å²) < 4.78 is 5.57. The number of hydrogen-bond acceptors (Lipinski definition) is 7. The monoisotopic (exact) mass is 328 g/mol. The summed E-state index contributed by atoms with van der Waals surface area (Å²) >= 11 is 0. The van der Waals surface area contributed by atoms with Gasteiger partial charge in [0.25, 0.3) is 0 Å². The second-order valence-corrected chi connectivity index (χ2v) is 6.48. The molecule has 0 atom stereocenters. The molecule has 2 aromatic carbocycles. The van der Waals surface area contributed by atoms with Crippen LogP contribution in [0.1, 0.15) is 24.0 Å². The lowest BCUT2D eigenvalue weighted by molar-refractivity contribution is 0.0561. The summed E-state index contributed by atoms with van der Waals surface area (Å²) in [6.45, 7) is 0. The Morgan fingerprint density at radius 3 is 2.04 bits per heavy atom. The number of anilines is 2. The lowest BCUT2D eigenvalue weighted by atomic mass is 9.87. The Morgan fingerprint density at radius 2 is 1.50 bits per heavy atom. The van der Waals surface area contributed by atoms with Gasteiger partial charge in [0.2, 0.25) is 5.85 Å². The predicted octanol–water partition coefficient (Wildman–Crippen LogP) is 0.124. The molecule has 0 bridgehead atoms. The normalized spacial score (nSPS) is 16.2. The summed E-state index contributed by atoms with van der Waals surface area (Å²) in [6, 6.07) is 13.4. The standard InChI is InChI=1S/C17H24N6O/c18-12-3-1-10(2-4-12)16(5-6-16)11-7-13(19)9-14(8-11)24-17(22,23)15(20)21/h1-4,7-9,15H,5-6,18-23H2. The van der Waals surface area contributed by atoms with Gasteiger partial charge in [0, 0.05) is 22.9 Å². The van der Waals surface area contributed by atoms with Gasteiger partial charge in [0.05, 0.1) is 0 Å². The van der Waals surface area contributed by atoms with E-state index < -0.39 is 12.0 Å². The predicted molar refractivity (Wildman–Crippen MR) is 95.6 cm³/mol. The summed E-state index contributed by atoms with van der Waals surface area (Å²) in [7, 11) is 0. The molecule has 0 unspecified atom stereocenters. The summed E-state index contributed by atoms with van der Waals surface area (Å²) in [5.74, 6) is -1.24. The number of ether oxygens (including phenoxy) is 1. The van der Waals surface area contributed by atoms with Crippen LogP contribution in [0.3, 0.4) is 0 Å². The first-order chi connectivity index (χ1) is 11.2. The quantitative estimate of drug-likeness (QED) is 0.335. The molecule has 7 heteroatoms. The number of nitrogen functional groups attached to an aromatic ring is 2. The zero-order valence-electron chi connectivity index (χ0n) is 13.4. The van der Waals surface area contributed by atoms with E-state index in [0.29, 0.717) is 11.4 Å². The van der Waals surface area contributed by atoms with E-state index in [1.165, 1.54) is 5.56 Å². The van der Waals surface area contributed by atoms with Crippen LogP contribution in [0.15, 0.2) is 42.5 Å². The topological polar surface area (TPSA) is 165 Å². The highest BCUT2D eigenvalue weighted by Crippen LogP contribution is 2.54. The third-order valence-electron chi connectivity index (χ3n) is 4.51. The highest BCUT2D eigenvalue weighted by molar-refractivity contribution is 5.56. The van der Waals surface area contributed by atoms with Crippen molar-refractivity contribution < 1.29 is 4.74 Å². The molecular formula is C17H24N6O. The maximum atomic E-state index is 6.04. The smallest absolute Gasteiger partial charge is 0.241 e. The third kappa shape index (κ3) is 3.02. The molecule has 1 fully saturated rings. The van der Waals surface area contributed by atoms with Crippen molar-refractivity contribution in [2.75, 3.05) is 11.5 Å². The highest BCUT2D eigenvalue weighted by Gasteiger charge is 2.46. The fraction of sp³-hybridized carbons (Fsp3) is 0.294. The molecular weight excluding hydrogens is 304 g/mol. The van der Waals surface area contributed by atoms with Crippen molar-refractivity contribution in [3.63, 3.8) is 0 Å². The minimum Gasteiger partial charge on any atom is -0.457 e. The number of hydrogen-bond donors (Lipinski definition) is 6. The summed E-state index contributed by atoms with van der Waals surface area (Å²) in [5, 5.41) is 0. The molecule has 0 spiro atoms. The fourth-order valence-corrected chi connectivity index (χ4v) is 2.90. The maximum absolute atomic E-state index is 6.04. The summed E-state index contributed by atoms with van der Waals surface area (Å²) in [6.07, 6.45) is 1.01. The summed E-state index contributed by atoms with van der Waals surface area (Å²) in [5.41, 5.74) is 38.0. The van der Waals surface area contributed by atoms with Gasteiger partial charge in [-0.3, -0.25) is 11.5 Å². The Bertz CT molecular complexity index is 737. The van der Waals surface area contributed by atoms with E-state index in [1.807, 2.05) is 36.4 Å². The molecule has 0 heterocycles. The van der Waals surface area contributed by atoms with Gasteiger partial charge in [-0.25, -0.2) is 0 Å². The lowest BCUT2D eigenvalue weighted by Gasteiger charge is -2.29. The number of benzene rings is 2. The molecule has 12 N–H and O–H groups in total. The van der Waals surface area contributed by atoms with Crippen LogP contribution in [-0.2, 0) is 5.41 Å². The zero-order valence-corrected chi connectivity index (χ0v) is 13.4. The molecule has 128 valence electrons. The summed E-state index contributed by atoms with van der Waals surface area (Å²) in [4.78, 5) is 0. The van der Waals surface area contributed by atoms with E-state index in [-0.39, 0.29) is 5.41 Å². The van der Waals surface area contributed by atoms with Crippen LogP contribution in [0.4, 0.5) is 11.4 Å². The van der Waals surface area contributed by atoms with Gasteiger partial charge in [-0.15, -0.1) is 0 Å². The van der Waals surface area contributed by atoms with Crippen LogP contribution in [-0.4, -0.2) is 12.0 Å². The van der Waals surface area contributed by atoms with Gasteiger partial charge >= 0.3 is 0 Å². The van der Waals surface area contributed by atoms with E-state index in [2.05, 4.69) is 0 Å². The molecule has 2 aromatic rings. The zero-order chi connectivity index (χ0) is 17.5. The van der Waals surface area contributed by atoms with Crippen molar-refractivity contribution in [2.24, 2.45) is 22.9 Å². The first kappa shape index (κ1) is 16.5. The highest BCUT2D eigenvalue weighted by atomic mass is 16.5. The molecule has 0 aliphatic heterocycles. The molecule has 24 heavy (non-hydrogen) atoms. The van der Waals surface area contributed by atoms with Crippen molar-refractivity contribution in [2.45, 2.75) is 30.3 Å². The SMILES string of the molecule is Nc1ccc(C2(c3cc(N)cc(OC(N)(N)C(N)N)c3)CC2)cc1. The Balaban J connectivity index is 1.96. The molecule has 0 saturated heterocycles. The molecule has 0 amide bonds. The number of nitrogens with two attached hydrogens (primary N) is 6. The Labute approximate surface area is 140 Å². The Kier molecular flexibility index (Phi) is 3.89. The van der Waals surface area contributed by atoms with Gasteiger partial charge in [0.1, 0.15) is 11.9 Å². The maximum Gasteiger partial charge on any atom is 0.241 e. The largest absolute Gasteiger partial charge is 0.457 e. The van der Waals surface area contributed by atoms with Gasteiger partial charge < -0.3 is 27.7 Å². The van der Waals surface area contributed by atoms with Crippen LogP contribution in [0, 0.1) is 0 Å². The molecule has 0 radical (unpaired) electrons. The van der Waals surface area contributed by atoms with Crippen LogP contribution in [0.25, 0.3) is 0 Å². The van der Waals surface area contributed by atoms with Crippen molar-refractivity contribution in [1.29, 1.82) is 0 Å². The first-order valence-electron chi connectivity index (χ1n) is 7.78. The van der Waals surface area contributed by atoms with Gasteiger partial charge in [-0.1, -0.05) is 12.1 Å². The second-order valence-electron chi connectivity index (χ2n) is 6.48. The fourth-order valence-electron chi connectivity index (χ4n) is 2.90. The average Bonchev–Trinajstić information content (AvgIpc) is 3.28. The average molecular weight is 328 g/mol. The minimum absolute atomic E-state index is 0.0854. The Morgan fingerprint density at radius 1 is 0.875 bits per heavy atom. The minimum atomic E-state index is -1.68. The molecule has 0 aromatic heterocycles. The van der Waals surface area contributed by atoms with E-state index >= 15 is 0 Å². The third-order valence-corrected chi connectivity index (χ3v) is 4.51. The van der Waals surface area contributed by atoms with E-state index in [1.54, 1.807) is 6.07 Å². The van der Waals surface area contributed by atoms with Crippen molar-refractivity contribution in [3.05, 3.63) is 53.6 Å². The van der Waals surface area contributed by atoms with Crippen LogP contribution >= 0.6 is 0 Å². The van der Waals surface area contributed by atoms with Crippen LogP contribution in [0.2, 0.25) is 0 Å².